The molecule has 1 aromatic heterocycles. The molecule has 19 heavy (non-hydrogen) atoms. The van der Waals surface area contributed by atoms with Gasteiger partial charge in [-0.25, -0.2) is 0 Å². The molecule has 0 radical (unpaired) electrons. The third kappa shape index (κ3) is 3.48. The maximum atomic E-state index is 5.34. The van der Waals surface area contributed by atoms with Gasteiger partial charge in [0.2, 0.25) is 0 Å². The summed E-state index contributed by atoms with van der Waals surface area (Å²) in [6.07, 6.45) is 2.43. The molecule has 2 rings (SSSR count). The average molecular weight is 277 g/mol. The van der Waals surface area contributed by atoms with E-state index in [9.17, 15) is 0 Å². The van der Waals surface area contributed by atoms with Crippen LogP contribution >= 0.6 is 11.3 Å². The molecule has 0 amide bonds. The van der Waals surface area contributed by atoms with Gasteiger partial charge in [0.1, 0.15) is 5.75 Å². The zero-order valence-corrected chi connectivity index (χ0v) is 12.9. The zero-order valence-electron chi connectivity index (χ0n) is 12.1. The van der Waals surface area contributed by atoms with Gasteiger partial charge in [-0.1, -0.05) is 13.8 Å². The van der Waals surface area contributed by atoms with Crippen LogP contribution in [0, 0.1) is 0 Å². The highest BCUT2D eigenvalue weighted by Gasteiger charge is 2.09. The number of hydrogen-bond donors (Lipinski definition) is 0. The second-order valence-corrected chi connectivity index (χ2v) is 5.81. The standard InChI is InChI=1S/C16H23NOS/c1-4-8-17(9-5-2)11-13-12-19-16-7-6-14(18-3)10-15(13)16/h6-7,10,12H,4-5,8-9,11H2,1-3H3. The van der Waals surface area contributed by atoms with Crippen LogP contribution in [0.4, 0.5) is 0 Å². The van der Waals surface area contributed by atoms with Crippen molar-refractivity contribution in [3.63, 3.8) is 0 Å². The molecule has 1 aromatic carbocycles. The van der Waals surface area contributed by atoms with Gasteiger partial charge in [0, 0.05) is 16.6 Å². The van der Waals surface area contributed by atoms with E-state index >= 15 is 0 Å². The van der Waals surface area contributed by atoms with Crippen molar-refractivity contribution in [2.45, 2.75) is 33.2 Å². The minimum absolute atomic E-state index is 0.949. The molecule has 2 aromatic rings. The number of ether oxygens (including phenoxy) is 1. The summed E-state index contributed by atoms with van der Waals surface area (Å²) in [6.45, 7) is 7.90. The molecule has 0 aliphatic carbocycles. The molecule has 0 aliphatic rings. The quantitative estimate of drug-likeness (QED) is 0.737. The van der Waals surface area contributed by atoms with Crippen LogP contribution in [0.2, 0.25) is 0 Å². The minimum atomic E-state index is 0.949. The molecule has 0 aliphatic heterocycles. The second-order valence-electron chi connectivity index (χ2n) is 4.90. The summed E-state index contributed by atoms with van der Waals surface area (Å²) in [5.41, 5.74) is 1.43. The van der Waals surface area contributed by atoms with Crippen molar-refractivity contribution >= 4 is 21.4 Å². The van der Waals surface area contributed by atoms with Crippen molar-refractivity contribution in [2.75, 3.05) is 20.2 Å². The molecule has 0 saturated carbocycles. The third-order valence-corrected chi connectivity index (χ3v) is 4.35. The largest absolute Gasteiger partial charge is 0.497 e. The van der Waals surface area contributed by atoms with Crippen molar-refractivity contribution in [1.29, 1.82) is 0 Å². The molecule has 1 heterocycles. The van der Waals surface area contributed by atoms with Gasteiger partial charge in [0.05, 0.1) is 7.11 Å². The Morgan fingerprint density at radius 3 is 2.53 bits per heavy atom. The van der Waals surface area contributed by atoms with Crippen LogP contribution in [-0.4, -0.2) is 25.1 Å². The molecule has 2 nitrogen and oxygen atoms in total. The Labute approximate surface area is 120 Å². The maximum absolute atomic E-state index is 5.34. The summed E-state index contributed by atoms with van der Waals surface area (Å²) in [4.78, 5) is 2.54. The highest BCUT2D eigenvalue weighted by Crippen LogP contribution is 2.30. The van der Waals surface area contributed by atoms with Crippen LogP contribution in [0.25, 0.3) is 10.1 Å². The number of nitrogens with zero attached hydrogens (tertiary/aromatic N) is 1. The molecular formula is C16H23NOS. The van der Waals surface area contributed by atoms with E-state index in [0.29, 0.717) is 0 Å². The molecule has 0 bridgehead atoms. The van der Waals surface area contributed by atoms with Gasteiger partial charge in [0.15, 0.2) is 0 Å². The normalized spacial score (nSPS) is 11.4. The predicted octanol–water partition coefficient (Wildman–Crippen LogP) is 4.53. The van der Waals surface area contributed by atoms with Crippen LogP contribution in [0.3, 0.4) is 0 Å². The molecule has 0 atom stereocenters. The van der Waals surface area contributed by atoms with Crippen LogP contribution < -0.4 is 4.74 Å². The first-order valence-electron chi connectivity index (χ1n) is 7.05. The van der Waals surface area contributed by atoms with Gasteiger partial charge in [-0.05, 0) is 55.1 Å². The van der Waals surface area contributed by atoms with Crippen molar-refractivity contribution < 1.29 is 4.74 Å². The first-order chi connectivity index (χ1) is 9.28. The lowest BCUT2D eigenvalue weighted by molar-refractivity contribution is 0.267. The van der Waals surface area contributed by atoms with E-state index in [0.717, 1.165) is 12.3 Å². The number of fused-ring (bicyclic) bond motifs is 1. The minimum Gasteiger partial charge on any atom is -0.497 e. The van der Waals surface area contributed by atoms with Gasteiger partial charge in [-0.2, -0.15) is 0 Å². The molecule has 3 heteroatoms. The maximum Gasteiger partial charge on any atom is 0.119 e. The predicted molar refractivity (Wildman–Crippen MR) is 84.2 cm³/mol. The van der Waals surface area contributed by atoms with Gasteiger partial charge in [-0.3, -0.25) is 4.90 Å². The van der Waals surface area contributed by atoms with Crippen molar-refractivity contribution in [2.24, 2.45) is 0 Å². The second kappa shape index (κ2) is 6.92. The van der Waals surface area contributed by atoms with E-state index in [1.165, 1.54) is 41.6 Å². The van der Waals surface area contributed by atoms with Crippen LogP contribution in [0.15, 0.2) is 23.6 Å². The Morgan fingerprint density at radius 1 is 1.16 bits per heavy atom. The van der Waals surface area contributed by atoms with Gasteiger partial charge >= 0.3 is 0 Å². The zero-order chi connectivity index (χ0) is 13.7. The Kier molecular flexibility index (Phi) is 5.23. The van der Waals surface area contributed by atoms with Crippen molar-refractivity contribution in [3.05, 3.63) is 29.1 Å². The van der Waals surface area contributed by atoms with E-state index in [4.69, 9.17) is 4.74 Å². The smallest absolute Gasteiger partial charge is 0.119 e. The summed E-state index contributed by atoms with van der Waals surface area (Å²) in [5, 5.41) is 3.64. The molecule has 0 unspecified atom stereocenters. The molecule has 0 saturated heterocycles. The highest BCUT2D eigenvalue weighted by molar-refractivity contribution is 7.17. The number of hydrogen-bond acceptors (Lipinski definition) is 3. The summed E-state index contributed by atoms with van der Waals surface area (Å²) in [7, 11) is 1.73. The summed E-state index contributed by atoms with van der Waals surface area (Å²) in [6, 6.07) is 6.36. The van der Waals surface area contributed by atoms with E-state index in [1.54, 1.807) is 7.11 Å². The fraction of sp³-hybridized carbons (Fsp3) is 0.500. The molecule has 0 N–H and O–H groups in total. The Morgan fingerprint density at radius 2 is 1.89 bits per heavy atom. The fourth-order valence-electron chi connectivity index (χ4n) is 2.45. The summed E-state index contributed by atoms with van der Waals surface area (Å²) >= 11 is 1.83. The lowest BCUT2D eigenvalue weighted by atomic mass is 10.1. The Balaban J connectivity index is 2.23. The number of thiophene rings is 1. The van der Waals surface area contributed by atoms with Gasteiger partial charge < -0.3 is 4.74 Å². The lowest BCUT2D eigenvalue weighted by Gasteiger charge is -2.20. The van der Waals surface area contributed by atoms with E-state index in [2.05, 4.69) is 36.3 Å². The molecular weight excluding hydrogens is 254 g/mol. The Hall–Kier alpha value is -1.06. The van der Waals surface area contributed by atoms with Crippen molar-refractivity contribution in [1.82, 2.24) is 4.90 Å². The SMILES string of the molecule is CCCN(CCC)Cc1csc2ccc(OC)cc12. The van der Waals surface area contributed by atoms with Crippen LogP contribution in [0.1, 0.15) is 32.3 Å². The van der Waals surface area contributed by atoms with E-state index < -0.39 is 0 Å². The first kappa shape index (κ1) is 14.4. The molecule has 0 spiro atoms. The van der Waals surface area contributed by atoms with E-state index in [1.807, 2.05) is 17.4 Å². The third-order valence-electron chi connectivity index (χ3n) is 3.33. The number of benzene rings is 1. The van der Waals surface area contributed by atoms with E-state index in [-0.39, 0.29) is 0 Å². The molecule has 0 fully saturated rings. The van der Waals surface area contributed by atoms with Crippen LogP contribution in [-0.2, 0) is 6.54 Å². The summed E-state index contributed by atoms with van der Waals surface area (Å²) < 4.78 is 6.69. The monoisotopic (exact) mass is 277 g/mol. The molecule has 104 valence electrons. The fourth-order valence-corrected chi connectivity index (χ4v) is 3.39. The Bertz CT molecular complexity index is 514. The van der Waals surface area contributed by atoms with Gasteiger partial charge in [0.25, 0.3) is 0 Å². The summed E-state index contributed by atoms with van der Waals surface area (Å²) in [5.74, 6) is 0.949. The number of methoxy groups -OCH3 is 1. The van der Waals surface area contributed by atoms with Crippen LogP contribution in [0.5, 0.6) is 5.75 Å². The van der Waals surface area contributed by atoms with Crippen molar-refractivity contribution in [3.8, 4) is 5.75 Å². The van der Waals surface area contributed by atoms with Gasteiger partial charge in [-0.15, -0.1) is 11.3 Å². The highest BCUT2D eigenvalue weighted by atomic mass is 32.1. The average Bonchev–Trinajstić information content (AvgIpc) is 2.82. The number of rotatable bonds is 7. The topological polar surface area (TPSA) is 12.5 Å². The lowest BCUT2D eigenvalue weighted by Crippen LogP contribution is -2.24. The first-order valence-corrected chi connectivity index (χ1v) is 7.93.